The zero-order chi connectivity index (χ0) is 42.1. The lowest BCUT2D eigenvalue weighted by atomic mass is 10.0. The summed E-state index contributed by atoms with van der Waals surface area (Å²) in [7, 11) is 1.95. The third kappa shape index (κ3) is 10.4. The number of nitrogens with zero attached hydrogens (tertiary/aromatic N) is 4. The van der Waals surface area contributed by atoms with Gasteiger partial charge in [0, 0.05) is 36.6 Å². The van der Waals surface area contributed by atoms with Crippen molar-refractivity contribution >= 4 is 23.6 Å². The third-order valence-electron chi connectivity index (χ3n) is 11.9. The Balaban J connectivity index is 0.784. The van der Waals surface area contributed by atoms with E-state index in [4.69, 9.17) is 0 Å². The van der Waals surface area contributed by atoms with Gasteiger partial charge in [-0.2, -0.15) is 0 Å². The van der Waals surface area contributed by atoms with Crippen molar-refractivity contribution in [3.8, 4) is 34.4 Å². The maximum absolute atomic E-state index is 13.3. The summed E-state index contributed by atoms with van der Waals surface area (Å²) >= 11 is 0. The van der Waals surface area contributed by atoms with Crippen LogP contribution in [0.5, 0.6) is 0 Å². The molecule has 314 valence electrons. The SMILES string of the molecule is CN1CCCC1C(=O)NC(C(=O)NCCCCc1ncc(-c2ccc(C#Cc3ccc(-c4cnc(C5CCCN5C(=O)CNC(=O)C5CC5)[nH]4)cc3)cc2)[nH]1)c1ccccc1. The van der Waals surface area contributed by atoms with Crippen molar-refractivity contribution in [3.63, 3.8) is 0 Å². The van der Waals surface area contributed by atoms with Crippen LogP contribution in [0.3, 0.4) is 0 Å². The van der Waals surface area contributed by atoms with Crippen LogP contribution < -0.4 is 16.0 Å². The van der Waals surface area contributed by atoms with Crippen molar-refractivity contribution in [2.45, 2.75) is 75.9 Å². The Kier molecular flexibility index (Phi) is 13.0. The Bertz CT molecular complexity index is 2370. The van der Waals surface area contributed by atoms with Gasteiger partial charge in [-0.05, 0) is 106 Å². The Hall–Kier alpha value is -6.52. The Morgan fingerprint density at radius 1 is 0.754 bits per heavy atom. The van der Waals surface area contributed by atoms with Crippen LogP contribution in [0, 0.1) is 17.8 Å². The van der Waals surface area contributed by atoms with E-state index in [2.05, 4.69) is 47.7 Å². The van der Waals surface area contributed by atoms with E-state index in [0.717, 1.165) is 115 Å². The zero-order valence-corrected chi connectivity index (χ0v) is 34.6. The number of benzene rings is 3. The molecule has 61 heavy (non-hydrogen) atoms. The Labute approximate surface area is 356 Å². The van der Waals surface area contributed by atoms with E-state index in [-0.39, 0.29) is 48.2 Å². The fourth-order valence-corrected chi connectivity index (χ4v) is 8.16. The van der Waals surface area contributed by atoms with Crippen molar-refractivity contribution in [2.24, 2.45) is 5.92 Å². The summed E-state index contributed by atoms with van der Waals surface area (Å²) < 4.78 is 0. The summed E-state index contributed by atoms with van der Waals surface area (Å²) in [5, 5.41) is 8.83. The molecule has 5 aromatic rings. The highest BCUT2D eigenvalue weighted by Crippen LogP contribution is 2.32. The van der Waals surface area contributed by atoms with Gasteiger partial charge in [-0.25, -0.2) is 9.97 Å². The normalized spacial score (nSPS) is 18.0. The number of aromatic amines is 2. The average Bonchev–Trinajstić information content (AvgIpc) is 3.68. The number of likely N-dealkylation sites (N-methyl/N-ethyl adjacent to an activating group) is 1. The van der Waals surface area contributed by atoms with E-state index < -0.39 is 6.04 Å². The second-order valence-corrected chi connectivity index (χ2v) is 16.3. The summed E-state index contributed by atoms with van der Waals surface area (Å²) in [6.07, 6.45) is 11.3. The number of carbonyl (C=O) groups is 4. The second kappa shape index (κ2) is 19.2. The van der Waals surface area contributed by atoms with E-state index in [1.165, 1.54) is 0 Å². The number of nitrogens with one attached hydrogen (secondary N) is 5. The van der Waals surface area contributed by atoms with Crippen molar-refractivity contribution in [1.29, 1.82) is 0 Å². The molecule has 3 unspecified atom stereocenters. The summed E-state index contributed by atoms with van der Waals surface area (Å²) in [5.41, 5.74) is 6.36. The number of hydrogen-bond acceptors (Lipinski definition) is 7. The van der Waals surface area contributed by atoms with Gasteiger partial charge in [-0.15, -0.1) is 0 Å². The number of carbonyl (C=O) groups excluding carboxylic acids is 4. The lowest BCUT2D eigenvalue weighted by Crippen LogP contribution is -2.47. The average molecular weight is 820 g/mol. The molecule has 1 aliphatic carbocycles. The number of rotatable bonds is 15. The molecule has 3 aromatic carbocycles. The summed E-state index contributed by atoms with van der Waals surface area (Å²) in [6, 6.07) is 24.4. The van der Waals surface area contributed by atoms with Crippen molar-refractivity contribution < 1.29 is 19.2 Å². The first-order valence-corrected chi connectivity index (χ1v) is 21.5. The molecule has 2 aromatic heterocycles. The van der Waals surface area contributed by atoms with Crippen molar-refractivity contribution in [3.05, 3.63) is 120 Å². The van der Waals surface area contributed by atoms with Crippen LogP contribution in [0.15, 0.2) is 91.3 Å². The van der Waals surface area contributed by atoms with E-state index in [9.17, 15) is 19.2 Å². The minimum absolute atomic E-state index is 0.0215. The third-order valence-corrected chi connectivity index (χ3v) is 11.9. The maximum Gasteiger partial charge on any atom is 0.247 e. The van der Waals surface area contributed by atoms with Crippen LogP contribution in [0.2, 0.25) is 0 Å². The first-order valence-electron chi connectivity index (χ1n) is 21.5. The van der Waals surface area contributed by atoms with Gasteiger partial charge >= 0.3 is 0 Å². The number of imidazole rings is 2. The van der Waals surface area contributed by atoms with Gasteiger partial charge in [0.2, 0.25) is 23.6 Å². The predicted molar refractivity (Wildman–Crippen MR) is 232 cm³/mol. The van der Waals surface area contributed by atoms with E-state index >= 15 is 0 Å². The van der Waals surface area contributed by atoms with Gasteiger partial charge in [0.25, 0.3) is 0 Å². The molecule has 13 heteroatoms. The molecule has 0 spiro atoms. The first-order chi connectivity index (χ1) is 29.8. The zero-order valence-electron chi connectivity index (χ0n) is 34.6. The standard InChI is InChI=1S/C48H53N9O4/c1-56-27-7-12-41(56)47(60)55-44(36-9-3-2-4-10-36)48(61)49-26-6-5-13-42-50-29-38(53-42)34-20-16-32(17-21-34)14-15-33-18-22-35(23-19-33)39-30-51-45(54-39)40-11-8-28-57(40)43(58)31-52-46(59)37-24-25-37/h2-4,9-10,16-23,29-30,37,40-41,44H,5-8,11-13,24-28,31H2,1H3,(H,49,61)(H,50,53)(H,51,54)(H,52,59)(H,55,60). The van der Waals surface area contributed by atoms with Crippen LogP contribution in [-0.4, -0.2) is 92.6 Å². The number of aryl methyl sites for hydroxylation is 1. The lowest BCUT2D eigenvalue weighted by molar-refractivity contribution is -0.134. The highest BCUT2D eigenvalue weighted by atomic mass is 16.2. The van der Waals surface area contributed by atoms with Crippen LogP contribution in [0.1, 0.15) is 91.8 Å². The first kappa shape index (κ1) is 41.2. The minimum Gasteiger partial charge on any atom is -0.354 e. The van der Waals surface area contributed by atoms with Crippen LogP contribution in [0.25, 0.3) is 22.5 Å². The topological polar surface area (TPSA) is 168 Å². The number of amides is 4. The second-order valence-electron chi connectivity index (χ2n) is 16.3. The molecule has 0 radical (unpaired) electrons. The number of unbranched alkanes of at least 4 members (excludes halogenated alkanes) is 1. The van der Waals surface area contributed by atoms with E-state index in [1.807, 2.05) is 102 Å². The quantitative estimate of drug-likeness (QED) is 0.0692. The predicted octanol–water partition coefficient (Wildman–Crippen LogP) is 5.45. The molecule has 13 nitrogen and oxygen atoms in total. The Morgan fingerprint density at radius 3 is 2.10 bits per heavy atom. The molecule has 8 rings (SSSR count). The molecule has 3 atom stereocenters. The molecule has 0 bridgehead atoms. The lowest BCUT2D eigenvalue weighted by Gasteiger charge is -2.24. The molecule has 2 aliphatic heterocycles. The number of H-pyrrole nitrogens is 2. The molecule has 2 saturated heterocycles. The summed E-state index contributed by atoms with van der Waals surface area (Å²) in [6.45, 7) is 2.07. The highest BCUT2D eigenvalue weighted by Gasteiger charge is 2.34. The molecular weight excluding hydrogens is 767 g/mol. The number of hydrogen-bond donors (Lipinski definition) is 5. The largest absolute Gasteiger partial charge is 0.354 e. The van der Waals surface area contributed by atoms with E-state index in [1.54, 1.807) is 6.20 Å². The molecule has 5 N–H and O–H groups in total. The monoisotopic (exact) mass is 819 g/mol. The van der Waals surface area contributed by atoms with E-state index in [0.29, 0.717) is 13.1 Å². The molecule has 3 aliphatic rings. The van der Waals surface area contributed by atoms with Crippen molar-refractivity contribution in [2.75, 3.05) is 33.2 Å². The van der Waals surface area contributed by atoms with Crippen LogP contribution >= 0.6 is 0 Å². The smallest absolute Gasteiger partial charge is 0.247 e. The fourth-order valence-electron chi connectivity index (χ4n) is 8.16. The molecule has 1 saturated carbocycles. The van der Waals surface area contributed by atoms with Gasteiger partial charge in [0.05, 0.1) is 42.4 Å². The van der Waals surface area contributed by atoms with Crippen LogP contribution in [-0.2, 0) is 25.6 Å². The molecule has 4 heterocycles. The van der Waals surface area contributed by atoms with Gasteiger partial charge in [0.1, 0.15) is 17.7 Å². The Morgan fingerprint density at radius 2 is 1.43 bits per heavy atom. The number of likely N-dealkylation sites (tertiary alicyclic amines) is 2. The van der Waals surface area contributed by atoms with Crippen LogP contribution in [0.4, 0.5) is 0 Å². The summed E-state index contributed by atoms with van der Waals surface area (Å²) in [4.78, 5) is 71.2. The fraction of sp³-hybridized carbons (Fsp3) is 0.375. The highest BCUT2D eigenvalue weighted by molar-refractivity contribution is 5.91. The maximum atomic E-state index is 13.3. The van der Waals surface area contributed by atoms with Gasteiger partial charge in [-0.1, -0.05) is 66.4 Å². The van der Waals surface area contributed by atoms with Gasteiger partial charge in [0.15, 0.2) is 0 Å². The molecule has 4 amide bonds. The number of aromatic nitrogens is 4. The summed E-state index contributed by atoms with van der Waals surface area (Å²) in [5.74, 6) is 7.84. The van der Waals surface area contributed by atoms with Gasteiger partial charge in [-0.3, -0.25) is 24.1 Å². The molecular formula is C48H53N9O4. The van der Waals surface area contributed by atoms with Gasteiger partial charge < -0.3 is 30.8 Å². The minimum atomic E-state index is -0.738. The van der Waals surface area contributed by atoms with Crippen molar-refractivity contribution in [1.82, 2.24) is 45.7 Å². The molecule has 3 fully saturated rings.